The molecule has 0 amide bonds. The van der Waals surface area contributed by atoms with Crippen LogP contribution in [-0.4, -0.2) is 22.3 Å². The smallest absolute Gasteiger partial charge is 0.332 e. The van der Waals surface area contributed by atoms with Gasteiger partial charge in [-0.15, -0.1) is 0 Å². The van der Waals surface area contributed by atoms with Gasteiger partial charge in [-0.25, -0.2) is 4.79 Å². The maximum absolute atomic E-state index is 10.0. The molecule has 0 saturated heterocycles. The normalized spacial score (nSPS) is 13.8. The van der Waals surface area contributed by atoms with Crippen molar-refractivity contribution in [3.63, 3.8) is 0 Å². The topological polar surface area (TPSA) is 57.5 Å². The van der Waals surface area contributed by atoms with Crippen LogP contribution in [0.25, 0.3) is 0 Å². The Bertz CT molecular complexity index is 129. The predicted octanol–water partition coefficient (Wildman–Crippen LogP) is 0.788. The Hall–Kier alpha value is -0.830. The zero-order valence-electron chi connectivity index (χ0n) is 5.95. The molecule has 0 rings (SSSR count). The summed E-state index contributed by atoms with van der Waals surface area (Å²) in [6.07, 6.45) is 3.35. The number of hydrogen-bond acceptors (Lipinski definition) is 2. The summed E-state index contributed by atoms with van der Waals surface area (Å²) in [5.41, 5.74) is 0. The van der Waals surface area contributed by atoms with Crippen LogP contribution in [0.4, 0.5) is 0 Å². The predicted molar refractivity (Wildman–Crippen MR) is 37.7 cm³/mol. The van der Waals surface area contributed by atoms with Gasteiger partial charge in [-0.05, 0) is 19.8 Å². The highest BCUT2D eigenvalue weighted by atomic mass is 16.4. The van der Waals surface area contributed by atoms with Crippen molar-refractivity contribution in [2.45, 2.75) is 25.9 Å². The Morgan fingerprint density at radius 1 is 1.70 bits per heavy atom. The van der Waals surface area contributed by atoms with E-state index >= 15 is 0 Å². The zero-order valence-corrected chi connectivity index (χ0v) is 5.95. The third-order valence-electron chi connectivity index (χ3n) is 1.13. The maximum atomic E-state index is 10.0. The summed E-state index contributed by atoms with van der Waals surface area (Å²) in [6.45, 7) is 1.85. The summed E-state index contributed by atoms with van der Waals surface area (Å²) < 4.78 is 0. The standard InChI is InChI=1S/C7H12O3/c1-2-3-4-5-6(8)7(9)10/h2-3,6,8H,4-5H2,1H3,(H,9,10). The minimum atomic E-state index is -1.21. The van der Waals surface area contributed by atoms with E-state index in [1.165, 1.54) is 0 Å². The van der Waals surface area contributed by atoms with Crippen molar-refractivity contribution in [2.75, 3.05) is 0 Å². The van der Waals surface area contributed by atoms with Crippen molar-refractivity contribution in [1.29, 1.82) is 0 Å². The molecular weight excluding hydrogens is 132 g/mol. The Kier molecular flexibility index (Phi) is 4.58. The van der Waals surface area contributed by atoms with Gasteiger partial charge in [0.15, 0.2) is 6.10 Å². The van der Waals surface area contributed by atoms with Crippen molar-refractivity contribution in [1.82, 2.24) is 0 Å². The van der Waals surface area contributed by atoms with E-state index in [2.05, 4.69) is 0 Å². The second kappa shape index (κ2) is 4.99. The van der Waals surface area contributed by atoms with Crippen LogP contribution < -0.4 is 0 Å². The van der Waals surface area contributed by atoms with Gasteiger partial charge in [-0.3, -0.25) is 0 Å². The highest BCUT2D eigenvalue weighted by molar-refractivity contribution is 5.71. The van der Waals surface area contributed by atoms with E-state index in [0.29, 0.717) is 12.8 Å². The van der Waals surface area contributed by atoms with E-state index in [-0.39, 0.29) is 0 Å². The van der Waals surface area contributed by atoms with Crippen molar-refractivity contribution in [3.8, 4) is 0 Å². The summed E-state index contributed by atoms with van der Waals surface area (Å²) in [5.74, 6) is -1.15. The number of aliphatic hydroxyl groups is 1. The average Bonchev–Trinajstić information content (AvgIpc) is 1.88. The lowest BCUT2D eigenvalue weighted by Gasteiger charge is -2.00. The molecular formula is C7H12O3. The van der Waals surface area contributed by atoms with Crippen LogP contribution in [0.1, 0.15) is 19.8 Å². The molecule has 0 aromatic rings. The van der Waals surface area contributed by atoms with Crippen molar-refractivity contribution in [2.24, 2.45) is 0 Å². The summed E-state index contributed by atoms with van der Waals surface area (Å²) in [6, 6.07) is 0. The molecule has 1 unspecified atom stereocenters. The minimum Gasteiger partial charge on any atom is -0.479 e. The molecule has 2 N–H and O–H groups in total. The molecule has 1 atom stereocenters. The molecule has 0 heterocycles. The van der Waals surface area contributed by atoms with Gasteiger partial charge in [-0.2, -0.15) is 0 Å². The number of carboxylic acid groups (broad SMARTS) is 1. The summed E-state index contributed by atoms with van der Waals surface area (Å²) in [5, 5.41) is 16.9. The quantitative estimate of drug-likeness (QED) is 0.573. The number of hydrogen-bond donors (Lipinski definition) is 2. The number of carboxylic acids is 1. The molecule has 58 valence electrons. The average molecular weight is 144 g/mol. The maximum Gasteiger partial charge on any atom is 0.332 e. The summed E-state index contributed by atoms with van der Waals surface area (Å²) in [7, 11) is 0. The number of aliphatic hydroxyl groups excluding tert-OH is 1. The van der Waals surface area contributed by atoms with E-state index in [0.717, 1.165) is 0 Å². The van der Waals surface area contributed by atoms with Gasteiger partial charge in [0.25, 0.3) is 0 Å². The second-order valence-corrected chi connectivity index (χ2v) is 2.00. The molecule has 0 aromatic heterocycles. The molecule has 0 saturated carbocycles. The fraction of sp³-hybridized carbons (Fsp3) is 0.571. The molecule has 3 heteroatoms. The summed E-state index contributed by atoms with van der Waals surface area (Å²) >= 11 is 0. The van der Waals surface area contributed by atoms with Crippen LogP contribution in [0, 0.1) is 0 Å². The van der Waals surface area contributed by atoms with E-state index in [4.69, 9.17) is 10.2 Å². The lowest BCUT2D eigenvalue weighted by Crippen LogP contribution is -2.18. The molecule has 10 heavy (non-hydrogen) atoms. The monoisotopic (exact) mass is 144 g/mol. The lowest BCUT2D eigenvalue weighted by molar-refractivity contribution is -0.146. The molecule has 0 aliphatic rings. The first-order chi connectivity index (χ1) is 4.68. The van der Waals surface area contributed by atoms with E-state index in [1.807, 2.05) is 19.1 Å². The van der Waals surface area contributed by atoms with Gasteiger partial charge in [0.2, 0.25) is 0 Å². The van der Waals surface area contributed by atoms with Crippen LogP contribution in [0.5, 0.6) is 0 Å². The van der Waals surface area contributed by atoms with Crippen LogP contribution in [-0.2, 0) is 4.79 Å². The van der Waals surface area contributed by atoms with Gasteiger partial charge >= 0.3 is 5.97 Å². The van der Waals surface area contributed by atoms with Gasteiger partial charge in [0, 0.05) is 0 Å². The molecule has 0 aliphatic carbocycles. The van der Waals surface area contributed by atoms with Crippen LogP contribution in [0.15, 0.2) is 12.2 Å². The third kappa shape index (κ3) is 4.09. The van der Waals surface area contributed by atoms with Gasteiger partial charge < -0.3 is 10.2 Å². The largest absolute Gasteiger partial charge is 0.479 e. The first-order valence-corrected chi connectivity index (χ1v) is 3.20. The Morgan fingerprint density at radius 3 is 2.70 bits per heavy atom. The number of carbonyl (C=O) groups is 1. The number of allylic oxidation sites excluding steroid dienone is 2. The van der Waals surface area contributed by atoms with Crippen molar-refractivity contribution < 1.29 is 15.0 Å². The Balaban J connectivity index is 3.39. The zero-order chi connectivity index (χ0) is 7.98. The molecule has 0 radical (unpaired) electrons. The van der Waals surface area contributed by atoms with Crippen LogP contribution in [0.2, 0.25) is 0 Å². The molecule has 3 nitrogen and oxygen atoms in total. The first kappa shape index (κ1) is 9.17. The highest BCUT2D eigenvalue weighted by Crippen LogP contribution is 1.97. The van der Waals surface area contributed by atoms with E-state index in [9.17, 15) is 4.79 Å². The van der Waals surface area contributed by atoms with Crippen LogP contribution in [0.3, 0.4) is 0 Å². The highest BCUT2D eigenvalue weighted by Gasteiger charge is 2.10. The second-order valence-electron chi connectivity index (χ2n) is 2.00. The minimum absolute atomic E-state index is 0.291. The van der Waals surface area contributed by atoms with Gasteiger partial charge in [0.05, 0.1) is 0 Å². The fourth-order valence-electron chi connectivity index (χ4n) is 0.544. The molecule has 0 bridgehead atoms. The molecule has 0 aliphatic heterocycles. The molecule has 0 fully saturated rings. The van der Waals surface area contributed by atoms with Gasteiger partial charge in [-0.1, -0.05) is 12.2 Å². The van der Waals surface area contributed by atoms with Crippen molar-refractivity contribution >= 4 is 5.97 Å². The Labute approximate surface area is 60.0 Å². The van der Waals surface area contributed by atoms with Crippen molar-refractivity contribution in [3.05, 3.63) is 12.2 Å². The van der Waals surface area contributed by atoms with Crippen LogP contribution >= 0.6 is 0 Å². The number of aliphatic carboxylic acids is 1. The first-order valence-electron chi connectivity index (χ1n) is 3.20. The summed E-state index contributed by atoms with van der Waals surface area (Å²) in [4.78, 5) is 10.0. The fourth-order valence-corrected chi connectivity index (χ4v) is 0.544. The van der Waals surface area contributed by atoms with E-state index < -0.39 is 12.1 Å². The van der Waals surface area contributed by atoms with E-state index in [1.54, 1.807) is 0 Å². The molecule has 0 aromatic carbocycles. The molecule has 0 spiro atoms. The third-order valence-corrected chi connectivity index (χ3v) is 1.13. The van der Waals surface area contributed by atoms with Gasteiger partial charge in [0.1, 0.15) is 0 Å². The Morgan fingerprint density at radius 2 is 2.30 bits per heavy atom. The number of rotatable bonds is 4. The SMILES string of the molecule is CC=CCCC(O)C(=O)O. The lowest BCUT2D eigenvalue weighted by atomic mass is 10.2.